The van der Waals surface area contributed by atoms with Crippen LogP contribution < -0.4 is 0 Å². The topological polar surface area (TPSA) is 9.23 Å². The molecule has 0 radical (unpaired) electrons. The lowest BCUT2D eigenvalue weighted by molar-refractivity contribution is 0.117. The summed E-state index contributed by atoms with van der Waals surface area (Å²) in [4.78, 5) is 0. The van der Waals surface area contributed by atoms with Gasteiger partial charge in [-0.2, -0.15) is 0 Å². The van der Waals surface area contributed by atoms with E-state index in [0.29, 0.717) is 0 Å². The maximum atomic E-state index is 5.64. The fraction of sp³-hybridized carbons (Fsp3) is 0.500. The molecule has 1 rings (SSSR count). The Balaban J connectivity index is 1.95. The molecule has 0 amide bonds. The molecule has 0 aromatic heterocycles. The first kappa shape index (κ1) is 14.0. The molecule has 0 N–H and O–H groups in total. The molecule has 0 saturated carbocycles. The van der Waals surface area contributed by atoms with Crippen molar-refractivity contribution in [1.82, 2.24) is 0 Å². The summed E-state index contributed by atoms with van der Waals surface area (Å²) >= 11 is 0. The third kappa shape index (κ3) is 6.96. The van der Waals surface area contributed by atoms with E-state index in [1.807, 2.05) is 6.07 Å². The molecule has 0 aliphatic heterocycles. The van der Waals surface area contributed by atoms with Gasteiger partial charge in [-0.25, -0.2) is 0 Å². The van der Waals surface area contributed by atoms with Gasteiger partial charge in [0.05, 0.1) is 6.61 Å². The minimum atomic E-state index is 0.745. The Bertz CT molecular complexity index is 314. The van der Waals surface area contributed by atoms with Crippen molar-refractivity contribution in [2.45, 2.75) is 46.1 Å². The molecule has 1 aromatic carbocycles. The molecule has 1 aromatic rings. The van der Waals surface area contributed by atoms with Crippen LogP contribution in [0.4, 0.5) is 0 Å². The van der Waals surface area contributed by atoms with E-state index in [1.54, 1.807) is 0 Å². The summed E-state index contributed by atoms with van der Waals surface area (Å²) in [5, 5.41) is 0. The van der Waals surface area contributed by atoms with Crippen LogP contribution in [-0.2, 0) is 11.3 Å². The lowest BCUT2D eigenvalue weighted by Crippen LogP contribution is -1.95. The third-order valence-corrected chi connectivity index (χ3v) is 2.96. The predicted molar refractivity (Wildman–Crippen MR) is 74.0 cm³/mol. The highest BCUT2D eigenvalue weighted by molar-refractivity contribution is 5.13. The maximum Gasteiger partial charge on any atom is 0.0716 e. The van der Waals surface area contributed by atoms with Gasteiger partial charge in [-0.05, 0) is 38.7 Å². The lowest BCUT2D eigenvalue weighted by atomic mass is 10.1. The van der Waals surface area contributed by atoms with E-state index in [0.717, 1.165) is 13.2 Å². The Morgan fingerprint density at radius 2 is 1.88 bits per heavy atom. The molecule has 17 heavy (non-hydrogen) atoms. The van der Waals surface area contributed by atoms with Gasteiger partial charge in [0.15, 0.2) is 0 Å². The number of hydrogen-bond acceptors (Lipinski definition) is 1. The molecule has 0 spiro atoms. The molecule has 94 valence electrons. The minimum Gasteiger partial charge on any atom is -0.377 e. The number of unbranched alkanes of at least 4 members (excludes halogenated alkanes) is 2. The van der Waals surface area contributed by atoms with Gasteiger partial charge in [-0.15, -0.1) is 0 Å². The van der Waals surface area contributed by atoms with Crippen molar-refractivity contribution >= 4 is 0 Å². The van der Waals surface area contributed by atoms with E-state index in [2.05, 4.69) is 44.2 Å². The Kier molecular flexibility index (Phi) is 7.40. The van der Waals surface area contributed by atoms with Crippen molar-refractivity contribution in [3.05, 3.63) is 47.5 Å². The van der Waals surface area contributed by atoms with Gasteiger partial charge < -0.3 is 4.74 Å². The molecule has 0 aliphatic rings. The number of rotatable bonds is 8. The zero-order valence-electron chi connectivity index (χ0n) is 11.1. The van der Waals surface area contributed by atoms with Gasteiger partial charge in [0, 0.05) is 6.61 Å². The van der Waals surface area contributed by atoms with Crippen LogP contribution in [-0.4, -0.2) is 6.61 Å². The lowest BCUT2D eigenvalue weighted by Gasteiger charge is -2.04. The smallest absolute Gasteiger partial charge is 0.0716 e. The van der Waals surface area contributed by atoms with Gasteiger partial charge in [0.2, 0.25) is 0 Å². The van der Waals surface area contributed by atoms with Crippen LogP contribution in [0.15, 0.2) is 42.0 Å². The maximum absolute atomic E-state index is 5.64. The Hall–Kier alpha value is -1.08. The first-order valence-electron chi connectivity index (χ1n) is 6.56. The standard InChI is InChI=1S/C16H24O/c1-3-15(2)10-6-5-9-13-17-14-16-11-7-4-8-12-16/h3-4,7-8,11-12H,5-6,9-10,13-14H2,1-2H3. The number of benzene rings is 1. The third-order valence-electron chi connectivity index (χ3n) is 2.96. The van der Waals surface area contributed by atoms with Gasteiger partial charge in [-0.1, -0.05) is 48.4 Å². The molecule has 0 unspecified atom stereocenters. The van der Waals surface area contributed by atoms with E-state index in [4.69, 9.17) is 4.74 Å². The van der Waals surface area contributed by atoms with E-state index in [1.165, 1.54) is 36.8 Å². The molecule has 0 atom stereocenters. The van der Waals surface area contributed by atoms with Gasteiger partial charge in [0.25, 0.3) is 0 Å². The summed E-state index contributed by atoms with van der Waals surface area (Å²) in [5.41, 5.74) is 2.76. The molecule has 1 heteroatoms. The van der Waals surface area contributed by atoms with Crippen molar-refractivity contribution < 1.29 is 4.74 Å². The van der Waals surface area contributed by atoms with E-state index in [9.17, 15) is 0 Å². The monoisotopic (exact) mass is 232 g/mol. The second-order valence-corrected chi connectivity index (χ2v) is 4.48. The average molecular weight is 232 g/mol. The van der Waals surface area contributed by atoms with Gasteiger partial charge in [0.1, 0.15) is 0 Å². The quantitative estimate of drug-likeness (QED) is 0.465. The van der Waals surface area contributed by atoms with E-state index < -0.39 is 0 Å². The zero-order valence-corrected chi connectivity index (χ0v) is 11.1. The van der Waals surface area contributed by atoms with Crippen LogP contribution in [0, 0.1) is 0 Å². The van der Waals surface area contributed by atoms with Crippen LogP contribution >= 0.6 is 0 Å². The minimum absolute atomic E-state index is 0.745. The van der Waals surface area contributed by atoms with Crippen molar-refractivity contribution in [2.24, 2.45) is 0 Å². The normalized spacial score (nSPS) is 11.8. The highest BCUT2D eigenvalue weighted by Gasteiger charge is 1.93. The van der Waals surface area contributed by atoms with E-state index >= 15 is 0 Å². The number of ether oxygens (including phenoxy) is 1. The molecule has 0 fully saturated rings. The summed E-state index contributed by atoms with van der Waals surface area (Å²) < 4.78 is 5.64. The molecular formula is C16H24O. The SMILES string of the molecule is CC=C(C)CCCCCOCc1ccccc1. The van der Waals surface area contributed by atoms with Crippen molar-refractivity contribution in [1.29, 1.82) is 0 Å². The molecule has 0 heterocycles. The molecule has 0 bridgehead atoms. The number of allylic oxidation sites excluding steroid dienone is 2. The summed E-state index contributed by atoms with van der Waals surface area (Å²) in [6, 6.07) is 10.4. The zero-order chi connectivity index (χ0) is 12.3. The first-order chi connectivity index (χ1) is 8.33. The van der Waals surface area contributed by atoms with Crippen LogP contribution in [0.1, 0.15) is 45.1 Å². The number of hydrogen-bond donors (Lipinski definition) is 0. The van der Waals surface area contributed by atoms with E-state index in [-0.39, 0.29) is 0 Å². The van der Waals surface area contributed by atoms with Crippen molar-refractivity contribution in [3.63, 3.8) is 0 Å². The van der Waals surface area contributed by atoms with Gasteiger partial charge >= 0.3 is 0 Å². The van der Waals surface area contributed by atoms with Crippen LogP contribution in [0.3, 0.4) is 0 Å². The summed E-state index contributed by atoms with van der Waals surface area (Å²) in [6.45, 7) is 5.93. The second kappa shape index (κ2) is 9.00. The molecule has 1 nitrogen and oxygen atoms in total. The predicted octanol–water partition coefficient (Wildman–Crippen LogP) is 4.73. The Morgan fingerprint density at radius 3 is 2.59 bits per heavy atom. The summed E-state index contributed by atoms with van der Waals surface area (Å²) in [6.07, 6.45) is 7.15. The first-order valence-corrected chi connectivity index (χ1v) is 6.56. The molecular weight excluding hydrogens is 208 g/mol. The Labute approximate surface area is 106 Å². The van der Waals surface area contributed by atoms with Crippen LogP contribution in [0.25, 0.3) is 0 Å². The average Bonchev–Trinajstić information content (AvgIpc) is 2.38. The van der Waals surface area contributed by atoms with Crippen LogP contribution in [0.2, 0.25) is 0 Å². The summed E-state index contributed by atoms with van der Waals surface area (Å²) in [7, 11) is 0. The molecule has 0 saturated heterocycles. The Morgan fingerprint density at radius 1 is 1.12 bits per heavy atom. The second-order valence-electron chi connectivity index (χ2n) is 4.48. The van der Waals surface area contributed by atoms with Crippen molar-refractivity contribution in [2.75, 3.05) is 6.61 Å². The highest BCUT2D eigenvalue weighted by atomic mass is 16.5. The fourth-order valence-corrected chi connectivity index (χ4v) is 1.69. The highest BCUT2D eigenvalue weighted by Crippen LogP contribution is 2.08. The van der Waals surface area contributed by atoms with Crippen LogP contribution in [0.5, 0.6) is 0 Å². The molecule has 0 aliphatic carbocycles. The fourth-order valence-electron chi connectivity index (χ4n) is 1.69. The summed E-state index contributed by atoms with van der Waals surface area (Å²) in [5.74, 6) is 0. The van der Waals surface area contributed by atoms with Crippen molar-refractivity contribution in [3.8, 4) is 0 Å². The largest absolute Gasteiger partial charge is 0.377 e. The van der Waals surface area contributed by atoms with Gasteiger partial charge in [-0.3, -0.25) is 0 Å².